The Bertz CT molecular complexity index is 272. The Morgan fingerprint density at radius 3 is 3.08 bits per heavy atom. The van der Waals surface area contributed by atoms with E-state index in [9.17, 15) is 0 Å². The highest BCUT2D eigenvalue weighted by Crippen LogP contribution is 2.25. The molecule has 1 aliphatic heterocycles. The summed E-state index contributed by atoms with van der Waals surface area (Å²) in [5, 5.41) is 0. The number of benzene rings is 1. The van der Waals surface area contributed by atoms with Crippen LogP contribution in [0.15, 0.2) is 24.3 Å². The largest absolute Gasteiger partial charge is 0.367 e. The monoisotopic (exact) mass is 164 g/mol. The molecule has 0 fully saturated rings. The fourth-order valence-corrected chi connectivity index (χ4v) is 1.72. The predicted octanol–water partition coefficient (Wildman–Crippen LogP) is 0.542. The van der Waals surface area contributed by atoms with Crippen LogP contribution in [0.4, 0.5) is 0 Å². The zero-order chi connectivity index (χ0) is 8.39. The Morgan fingerprint density at radius 2 is 2.25 bits per heavy atom. The van der Waals surface area contributed by atoms with Crippen LogP contribution in [0.2, 0.25) is 0 Å². The lowest BCUT2D eigenvalue weighted by atomic mass is 9.98. The van der Waals surface area contributed by atoms with E-state index in [2.05, 4.69) is 30.0 Å². The molecule has 1 atom stereocenters. The first kappa shape index (κ1) is 7.77. The van der Waals surface area contributed by atoms with Crippen molar-refractivity contribution in [3.8, 4) is 0 Å². The molecule has 0 aliphatic carbocycles. The maximum absolute atomic E-state index is 5.59. The Labute approximate surface area is 72.3 Å². The minimum Gasteiger partial charge on any atom is -0.367 e. The lowest BCUT2D eigenvalue weighted by Gasteiger charge is -2.23. The predicted molar refractivity (Wildman–Crippen MR) is 46.6 cm³/mol. The second-order valence-corrected chi connectivity index (χ2v) is 3.10. The first-order valence-electron chi connectivity index (χ1n) is 4.40. The van der Waals surface area contributed by atoms with Gasteiger partial charge in [0.2, 0.25) is 0 Å². The van der Waals surface area contributed by atoms with Crippen molar-refractivity contribution in [1.29, 1.82) is 0 Å². The molecule has 0 bridgehead atoms. The van der Waals surface area contributed by atoms with Crippen LogP contribution in [0.1, 0.15) is 17.2 Å². The SMILES string of the molecule is [NH3+]C[C@@H]1OCCc2ccccc21. The average Bonchev–Trinajstić information content (AvgIpc) is 2.17. The van der Waals surface area contributed by atoms with Crippen LogP contribution in [0.3, 0.4) is 0 Å². The number of fused-ring (bicyclic) bond motifs is 1. The average molecular weight is 164 g/mol. The summed E-state index contributed by atoms with van der Waals surface area (Å²) in [5.74, 6) is 0. The van der Waals surface area contributed by atoms with E-state index in [1.54, 1.807) is 0 Å². The Balaban J connectivity index is 2.37. The molecule has 1 heterocycles. The van der Waals surface area contributed by atoms with Crippen molar-refractivity contribution < 1.29 is 10.5 Å². The standard InChI is InChI=1S/C10H13NO/c11-7-10-9-4-2-1-3-8(9)5-6-12-10/h1-4,10H,5-7,11H2/p+1/t10-/m0/s1. The van der Waals surface area contributed by atoms with Crippen LogP contribution < -0.4 is 5.73 Å². The van der Waals surface area contributed by atoms with E-state index in [1.807, 2.05) is 0 Å². The molecule has 3 N–H and O–H groups in total. The van der Waals surface area contributed by atoms with E-state index in [-0.39, 0.29) is 6.10 Å². The van der Waals surface area contributed by atoms with E-state index in [1.165, 1.54) is 11.1 Å². The third-order valence-electron chi connectivity index (χ3n) is 2.35. The van der Waals surface area contributed by atoms with Gasteiger partial charge >= 0.3 is 0 Å². The van der Waals surface area contributed by atoms with Crippen LogP contribution >= 0.6 is 0 Å². The first-order chi connectivity index (χ1) is 5.92. The fourth-order valence-electron chi connectivity index (χ4n) is 1.72. The molecule has 2 nitrogen and oxygen atoms in total. The van der Waals surface area contributed by atoms with Gasteiger partial charge in [0.05, 0.1) is 6.61 Å². The molecule has 0 saturated carbocycles. The Hall–Kier alpha value is -0.860. The topological polar surface area (TPSA) is 36.9 Å². The van der Waals surface area contributed by atoms with Crippen molar-refractivity contribution >= 4 is 0 Å². The Kier molecular flexibility index (Phi) is 2.11. The molecule has 0 unspecified atom stereocenters. The summed E-state index contributed by atoms with van der Waals surface area (Å²) in [4.78, 5) is 0. The summed E-state index contributed by atoms with van der Waals surface area (Å²) in [6.45, 7) is 1.67. The molecule has 0 aromatic heterocycles. The van der Waals surface area contributed by atoms with E-state index < -0.39 is 0 Å². The van der Waals surface area contributed by atoms with Gasteiger partial charge in [0.1, 0.15) is 12.6 Å². The smallest absolute Gasteiger partial charge is 0.131 e. The van der Waals surface area contributed by atoms with Crippen molar-refractivity contribution in [1.82, 2.24) is 0 Å². The zero-order valence-corrected chi connectivity index (χ0v) is 7.12. The Morgan fingerprint density at radius 1 is 1.42 bits per heavy atom. The maximum atomic E-state index is 5.59. The summed E-state index contributed by atoms with van der Waals surface area (Å²) in [7, 11) is 0. The molecular weight excluding hydrogens is 150 g/mol. The van der Waals surface area contributed by atoms with Crippen LogP contribution in [0.5, 0.6) is 0 Å². The molecule has 1 aromatic rings. The van der Waals surface area contributed by atoms with E-state index >= 15 is 0 Å². The first-order valence-corrected chi connectivity index (χ1v) is 4.40. The summed E-state index contributed by atoms with van der Waals surface area (Å²) in [6.07, 6.45) is 1.28. The van der Waals surface area contributed by atoms with Crippen LogP contribution in [-0.2, 0) is 11.2 Å². The summed E-state index contributed by atoms with van der Waals surface area (Å²) in [5.41, 5.74) is 6.64. The maximum Gasteiger partial charge on any atom is 0.131 e. The van der Waals surface area contributed by atoms with Gasteiger partial charge in [-0.05, 0) is 17.5 Å². The van der Waals surface area contributed by atoms with Crippen molar-refractivity contribution in [3.63, 3.8) is 0 Å². The quantitative estimate of drug-likeness (QED) is 0.646. The third kappa shape index (κ3) is 1.24. The van der Waals surface area contributed by atoms with Gasteiger partial charge in [-0.2, -0.15) is 0 Å². The van der Waals surface area contributed by atoms with E-state index in [4.69, 9.17) is 4.74 Å². The highest BCUT2D eigenvalue weighted by molar-refractivity contribution is 5.30. The molecule has 2 rings (SSSR count). The summed E-state index contributed by atoms with van der Waals surface area (Å²) >= 11 is 0. The molecule has 2 heteroatoms. The van der Waals surface area contributed by atoms with Crippen molar-refractivity contribution in [3.05, 3.63) is 35.4 Å². The second kappa shape index (κ2) is 3.25. The number of rotatable bonds is 1. The van der Waals surface area contributed by atoms with Gasteiger partial charge in [0, 0.05) is 0 Å². The minimum absolute atomic E-state index is 0.231. The fraction of sp³-hybridized carbons (Fsp3) is 0.400. The molecule has 0 radical (unpaired) electrons. The molecular formula is C10H14NO+. The lowest BCUT2D eigenvalue weighted by Crippen LogP contribution is -2.54. The number of hydrogen-bond acceptors (Lipinski definition) is 1. The second-order valence-electron chi connectivity index (χ2n) is 3.10. The molecule has 1 aromatic carbocycles. The number of hydrogen-bond donors (Lipinski definition) is 1. The minimum atomic E-state index is 0.231. The molecule has 1 aliphatic rings. The summed E-state index contributed by atoms with van der Waals surface area (Å²) < 4.78 is 5.59. The van der Waals surface area contributed by atoms with Crippen LogP contribution in [0.25, 0.3) is 0 Å². The summed E-state index contributed by atoms with van der Waals surface area (Å²) in [6, 6.07) is 8.48. The van der Waals surface area contributed by atoms with Gasteiger partial charge in [0.15, 0.2) is 0 Å². The van der Waals surface area contributed by atoms with Gasteiger partial charge in [0.25, 0.3) is 0 Å². The molecule has 64 valence electrons. The highest BCUT2D eigenvalue weighted by atomic mass is 16.5. The van der Waals surface area contributed by atoms with Crippen molar-refractivity contribution in [2.75, 3.05) is 13.2 Å². The van der Waals surface area contributed by atoms with Crippen molar-refractivity contribution in [2.24, 2.45) is 0 Å². The number of ether oxygens (including phenoxy) is 1. The molecule has 12 heavy (non-hydrogen) atoms. The van der Waals surface area contributed by atoms with Gasteiger partial charge in [-0.1, -0.05) is 24.3 Å². The van der Waals surface area contributed by atoms with E-state index in [0.29, 0.717) is 0 Å². The molecule has 0 saturated heterocycles. The zero-order valence-electron chi connectivity index (χ0n) is 7.12. The van der Waals surface area contributed by atoms with Gasteiger partial charge < -0.3 is 10.5 Å². The molecule has 0 spiro atoms. The van der Waals surface area contributed by atoms with Crippen LogP contribution in [0, 0.1) is 0 Å². The van der Waals surface area contributed by atoms with Crippen molar-refractivity contribution in [2.45, 2.75) is 12.5 Å². The normalized spacial score (nSPS) is 21.9. The number of quaternary nitrogens is 1. The third-order valence-corrected chi connectivity index (χ3v) is 2.35. The lowest BCUT2D eigenvalue weighted by molar-refractivity contribution is -0.388. The van der Waals surface area contributed by atoms with Gasteiger partial charge in [-0.3, -0.25) is 0 Å². The van der Waals surface area contributed by atoms with Gasteiger partial charge in [-0.15, -0.1) is 0 Å². The molecule has 0 amide bonds. The highest BCUT2D eigenvalue weighted by Gasteiger charge is 2.19. The van der Waals surface area contributed by atoms with Crippen LogP contribution in [-0.4, -0.2) is 13.2 Å². The van der Waals surface area contributed by atoms with Gasteiger partial charge in [-0.25, -0.2) is 0 Å². The van der Waals surface area contributed by atoms with E-state index in [0.717, 1.165) is 19.6 Å².